The van der Waals surface area contributed by atoms with E-state index in [1.54, 1.807) is 6.92 Å². The van der Waals surface area contributed by atoms with Gasteiger partial charge in [0.05, 0.1) is 5.92 Å². The van der Waals surface area contributed by atoms with Crippen molar-refractivity contribution in [3.05, 3.63) is 48.0 Å². The zero-order valence-electron chi connectivity index (χ0n) is 8.40. The van der Waals surface area contributed by atoms with Crippen LogP contribution in [0, 0.1) is 6.07 Å². The minimum atomic E-state index is -0.800. The van der Waals surface area contributed by atoms with Crippen molar-refractivity contribution < 1.29 is 9.90 Å². The highest BCUT2D eigenvalue weighted by molar-refractivity contribution is 5.90. The monoisotopic (exact) mass is 199 g/mol. The first-order chi connectivity index (χ1) is 7.20. The minimum absolute atomic E-state index is 0.482. The molecule has 15 heavy (non-hydrogen) atoms. The van der Waals surface area contributed by atoms with Crippen molar-refractivity contribution in [2.45, 2.75) is 12.8 Å². The molecule has 2 nitrogen and oxygen atoms in total. The first kappa shape index (κ1) is 9.71. The molecule has 0 aliphatic heterocycles. The normalized spacial score (nSPS) is 12.6. The van der Waals surface area contributed by atoms with Crippen molar-refractivity contribution >= 4 is 16.7 Å². The van der Waals surface area contributed by atoms with Crippen molar-refractivity contribution in [3.63, 3.8) is 0 Å². The third-order valence-corrected chi connectivity index (χ3v) is 2.60. The number of fused-ring (bicyclic) bond motifs is 1. The van der Waals surface area contributed by atoms with E-state index in [1.807, 2.05) is 36.4 Å². The molecule has 2 aromatic carbocycles. The lowest BCUT2D eigenvalue weighted by Gasteiger charge is -2.09. The van der Waals surface area contributed by atoms with Gasteiger partial charge in [0.25, 0.3) is 0 Å². The molecule has 1 unspecified atom stereocenters. The number of aliphatic carboxylic acids is 1. The predicted molar refractivity (Wildman–Crippen MR) is 58.8 cm³/mol. The summed E-state index contributed by atoms with van der Waals surface area (Å²) in [4.78, 5) is 10.9. The van der Waals surface area contributed by atoms with Gasteiger partial charge in [-0.15, -0.1) is 0 Å². The van der Waals surface area contributed by atoms with Gasteiger partial charge >= 0.3 is 5.97 Å². The van der Waals surface area contributed by atoms with Gasteiger partial charge in [0.15, 0.2) is 0 Å². The average molecular weight is 199 g/mol. The highest BCUT2D eigenvalue weighted by Crippen LogP contribution is 2.25. The summed E-state index contributed by atoms with van der Waals surface area (Å²) in [5.74, 6) is -1.28. The zero-order chi connectivity index (χ0) is 10.8. The van der Waals surface area contributed by atoms with Crippen LogP contribution in [0.5, 0.6) is 0 Å². The van der Waals surface area contributed by atoms with E-state index in [0.29, 0.717) is 0 Å². The smallest absolute Gasteiger partial charge is 0.310 e. The summed E-state index contributed by atoms with van der Waals surface area (Å²) < 4.78 is 0. The van der Waals surface area contributed by atoms with Crippen molar-refractivity contribution in [3.8, 4) is 0 Å². The molecule has 0 aromatic heterocycles. The number of rotatable bonds is 2. The van der Waals surface area contributed by atoms with Crippen molar-refractivity contribution in [2.75, 3.05) is 0 Å². The molecule has 0 saturated heterocycles. The van der Waals surface area contributed by atoms with E-state index in [2.05, 4.69) is 6.07 Å². The second-order valence-corrected chi connectivity index (χ2v) is 3.55. The SMILES string of the molecule is CC(C(=O)O)c1cccc2cc[c]cc12. The lowest BCUT2D eigenvalue weighted by Crippen LogP contribution is -2.07. The summed E-state index contributed by atoms with van der Waals surface area (Å²) in [5.41, 5.74) is 0.844. The molecule has 2 aromatic rings. The predicted octanol–water partition coefficient (Wildman–Crippen LogP) is 2.83. The van der Waals surface area contributed by atoms with Gasteiger partial charge < -0.3 is 5.11 Å². The van der Waals surface area contributed by atoms with Gasteiger partial charge in [0.2, 0.25) is 0 Å². The molecule has 2 rings (SSSR count). The fourth-order valence-electron chi connectivity index (χ4n) is 1.69. The number of carboxylic acid groups (broad SMARTS) is 1. The Bertz CT molecular complexity index is 497. The largest absolute Gasteiger partial charge is 0.481 e. The van der Waals surface area contributed by atoms with Crippen LogP contribution < -0.4 is 0 Å². The van der Waals surface area contributed by atoms with Crippen molar-refractivity contribution in [1.82, 2.24) is 0 Å². The van der Waals surface area contributed by atoms with Crippen LogP contribution in [0.4, 0.5) is 0 Å². The highest BCUT2D eigenvalue weighted by Gasteiger charge is 2.15. The maximum absolute atomic E-state index is 10.9. The van der Waals surface area contributed by atoms with Gasteiger partial charge in [-0.25, -0.2) is 0 Å². The van der Waals surface area contributed by atoms with E-state index >= 15 is 0 Å². The second-order valence-electron chi connectivity index (χ2n) is 3.55. The number of benzene rings is 2. The molecular formula is C13H11O2. The fourth-order valence-corrected chi connectivity index (χ4v) is 1.69. The molecule has 0 fully saturated rings. The highest BCUT2D eigenvalue weighted by atomic mass is 16.4. The molecule has 1 radical (unpaired) electrons. The molecule has 0 heterocycles. The van der Waals surface area contributed by atoms with E-state index in [4.69, 9.17) is 5.11 Å². The van der Waals surface area contributed by atoms with Crippen LogP contribution in [0.3, 0.4) is 0 Å². The summed E-state index contributed by atoms with van der Waals surface area (Å²) in [7, 11) is 0. The van der Waals surface area contributed by atoms with Crippen LogP contribution in [0.15, 0.2) is 36.4 Å². The van der Waals surface area contributed by atoms with Gasteiger partial charge in [-0.2, -0.15) is 0 Å². The molecule has 0 bridgehead atoms. The summed E-state index contributed by atoms with van der Waals surface area (Å²) in [6, 6.07) is 14.3. The van der Waals surface area contributed by atoms with Crippen LogP contribution in [0.1, 0.15) is 18.4 Å². The third-order valence-electron chi connectivity index (χ3n) is 2.60. The Balaban J connectivity index is 2.65. The molecule has 0 aliphatic rings. The molecule has 75 valence electrons. The summed E-state index contributed by atoms with van der Waals surface area (Å²) in [6.07, 6.45) is 0. The van der Waals surface area contributed by atoms with Crippen LogP contribution in [0.2, 0.25) is 0 Å². The number of carboxylic acids is 1. The molecule has 2 heteroatoms. The lowest BCUT2D eigenvalue weighted by atomic mass is 9.95. The summed E-state index contributed by atoms with van der Waals surface area (Å²) in [5, 5.41) is 11.0. The third kappa shape index (κ3) is 1.71. The summed E-state index contributed by atoms with van der Waals surface area (Å²) in [6.45, 7) is 1.70. The van der Waals surface area contributed by atoms with E-state index < -0.39 is 11.9 Å². The number of carbonyl (C=O) groups is 1. The Morgan fingerprint density at radius 1 is 1.40 bits per heavy atom. The van der Waals surface area contributed by atoms with Gasteiger partial charge in [-0.3, -0.25) is 4.79 Å². The Kier molecular flexibility index (Phi) is 2.42. The van der Waals surface area contributed by atoms with Crippen molar-refractivity contribution in [1.29, 1.82) is 0 Å². The number of hydrogen-bond acceptors (Lipinski definition) is 1. The minimum Gasteiger partial charge on any atom is -0.481 e. The molecule has 0 aliphatic carbocycles. The Morgan fingerprint density at radius 3 is 2.93 bits per heavy atom. The molecule has 0 spiro atoms. The maximum Gasteiger partial charge on any atom is 0.310 e. The topological polar surface area (TPSA) is 37.3 Å². The lowest BCUT2D eigenvalue weighted by molar-refractivity contribution is -0.138. The van der Waals surface area contributed by atoms with E-state index in [-0.39, 0.29) is 0 Å². The van der Waals surface area contributed by atoms with Gasteiger partial charge in [0, 0.05) is 0 Å². The van der Waals surface area contributed by atoms with E-state index in [9.17, 15) is 4.79 Å². The molecule has 0 saturated carbocycles. The zero-order valence-corrected chi connectivity index (χ0v) is 8.40. The van der Waals surface area contributed by atoms with Gasteiger partial charge in [-0.05, 0) is 35.4 Å². The Hall–Kier alpha value is -1.83. The van der Waals surface area contributed by atoms with E-state index in [1.165, 1.54) is 0 Å². The second kappa shape index (κ2) is 3.73. The maximum atomic E-state index is 10.9. The summed E-state index contributed by atoms with van der Waals surface area (Å²) >= 11 is 0. The van der Waals surface area contributed by atoms with Crippen LogP contribution in [-0.4, -0.2) is 11.1 Å². The van der Waals surface area contributed by atoms with Crippen LogP contribution >= 0.6 is 0 Å². The van der Waals surface area contributed by atoms with Crippen LogP contribution in [0.25, 0.3) is 10.8 Å². The number of hydrogen-bond donors (Lipinski definition) is 1. The molecule has 1 N–H and O–H groups in total. The molecule has 0 amide bonds. The molecule has 1 atom stereocenters. The fraction of sp³-hybridized carbons (Fsp3) is 0.154. The van der Waals surface area contributed by atoms with Gasteiger partial charge in [-0.1, -0.05) is 30.3 Å². The van der Waals surface area contributed by atoms with Gasteiger partial charge in [0.1, 0.15) is 0 Å². The standard InChI is InChI=1S/C13H11O2/c1-9(13(14)15)11-8-4-6-10-5-2-3-7-12(10)11/h2,4-9H,1H3,(H,14,15). The Labute approximate surface area is 88.2 Å². The quantitative estimate of drug-likeness (QED) is 0.807. The average Bonchev–Trinajstić information content (AvgIpc) is 2.27. The van der Waals surface area contributed by atoms with Crippen molar-refractivity contribution in [2.24, 2.45) is 0 Å². The van der Waals surface area contributed by atoms with E-state index in [0.717, 1.165) is 16.3 Å². The first-order valence-electron chi connectivity index (χ1n) is 4.81. The first-order valence-corrected chi connectivity index (χ1v) is 4.81. The molecular weight excluding hydrogens is 188 g/mol. The Morgan fingerprint density at radius 2 is 2.20 bits per heavy atom. The van der Waals surface area contributed by atoms with Crippen LogP contribution in [-0.2, 0) is 4.79 Å².